The SMILES string of the molecule is C1=C(c2ccc(-c3ccc(-c4c5ccccc5c(-c5ccc6ccccc6c5)c5ccccc45)cc3)cc2)Cc2ccccc21. The maximum absolute atomic E-state index is 2.34. The molecule has 0 bridgehead atoms. The van der Waals surface area contributed by atoms with Gasteiger partial charge in [0.05, 0.1) is 0 Å². The highest BCUT2D eigenvalue weighted by Crippen LogP contribution is 2.44. The van der Waals surface area contributed by atoms with E-state index >= 15 is 0 Å². The van der Waals surface area contributed by atoms with Crippen molar-refractivity contribution in [2.75, 3.05) is 0 Å². The molecule has 210 valence electrons. The van der Waals surface area contributed by atoms with Crippen molar-refractivity contribution in [1.29, 1.82) is 0 Å². The molecule has 0 aliphatic heterocycles. The van der Waals surface area contributed by atoms with Gasteiger partial charge in [-0.3, -0.25) is 0 Å². The van der Waals surface area contributed by atoms with Crippen LogP contribution in [-0.4, -0.2) is 0 Å². The summed E-state index contributed by atoms with van der Waals surface area (Å²) < 4.78 is 0. The first-order valence-electron chi connectivity index (χ1n) is 15.7. The third-order valence-electron chi connectivity index (χ3n) is 9.50. The van der Waals surface area contributed by atoms with Gasteiger partial charge in [0.1, 0.15) is 0 Å². The molecule has 9 rings (SSSR count). The lowest BCUT2D eigenvalue weighted by atomic mass is 9.85. The third-order valence-corrected chi connectivity index (χ3v) is 9.50. The zero-order chi connectivity index (χ0) is 29.7. The summed E-state index contributed by atoms with van der Waals surface area (Å²) in [6.07, 6.45) is 3.34. The molecule has 1 aliphatic carbocycles. The van der Waals surface area contributed by atoms with E-state index in [1.165, 1.54) is 88.0 Å². The van der Waals surface area contributed by atoms with Crippen LogP contribution in [0.5, 0.6) is 0 Å². The molecule has 0 unspecified atom stereocenters. The number of hydrogen-bond donors (Lipinski definition) is 0. The van der Waals surface area contributed by atoms with Crippen LogP contribution in [0.1, 0.15) is 16.7 Å². The summed E-state index contributed by atoms with van der Waals surface area (Å²) >= 11 is 0. The highest BCUT2D eigenvalue weighted by atomic mass is 14.2. The van der Waals surface area contributed by atoms with Crippen LogP contribution >= 0.6 is 0 Å². The van der Waals surface area contributed by atoms with E-state index in [1.807, 2.05) is 0 Å². The molecule has 0 fully saturated rings. The highest BCUT2D eigenvalue weighted by molar-refractivity contribution is 6.21. The Morgan fingerprint density at radius 1 is 0.333 bits per heavy atom. The first-order chi connectivity index (χ1) is 22.3. The highest BCUT2D eigenvalue weighted by Gasteiger charge is 2.17. The van der Waals surface area contributed by atoms with Crippen LogP contribution in [0.25, 0.3) is 77.3 Å². The van der Waals surface area contributed by atoms with Gasteiger partial charge in [-0.2, -0.15) is 0 Å². The summed E-state index contributed by atoms with van der Waals surface area (Å²) in [6.45, 7) is 0. The maximum Gasteiger partial charge on any atom is -0.00137 e. The van der Waals surface area contributed by atoms with E-state index in [2.05, 4.69) is 170 Å². The lowest BCUT2D eigenvalue weighted by molar-refractivity contribution is 1.32. The molecule has 8 aromatic carbocycles. The van der Waals surface area contributed by atoms with Gasteiger partial charge < -0.3 is 0 Å². The topological polar surface area (TPSA) is 0 Å². The van der Waals surface area contributed by atoms with Gasteiger partial charge in [0.15, 0.2) is 0 Å². The van der Waals surface area contributed by atoms with Crippen molar-refractivity contribution in [3.05, 3.63) is 180 Å². The summed E-state index contributed by atoms with van der Waals surface area (Å²) in [5.41, 5.74) is 13.0. The number of rotatable bonds is 4. The fourth-order valence-electron chi connectivity index (χ4n) is 7.27. The predicted octanol–water partition coefficient (Wildman–Crippen LogP) is 12.2. The van der Waals surface area contributed by atoms with Gasteiger partial charge in [0, 0.05) is 0 Å². The molecular weight excluding hydrogens is 540 g/mol. The summed E-state index contributed by atoms with van der Waals surface area (Å²) in [5.74, 6) is 0. The van der Waals surface area contributed by atoms with Crippen LogP contribution < -0.4 is 0 Å². The molecular formula is C45H30. The molecule has 0 saturated heterocycles. The number of fused-ring (bicyclic) bond motifs is 4. The van der Waals surface area contributed by atoms with Crippen LogP contribution in [0, 0.1) is 0 Å². The average molecular weight is 571 g/mol. The van der Waals surface area contributed by atoms with Gasteiger partial charge in [0.25, 0.3) is 0 Å². The second-order valence-electron chi connectivity index (χ2n) is 12.1. The fourth-order valence-corrected chi connectivity index (χ4v) is 7.27. The van der Waals surface area contributed by atoms with E-state index < -0.39 is 0 Å². The lowest BCUT2D eigenvalue weighted by Crippen LogP contribution is -1.91. The van der Waals surface area contributed by atoms with Crippen LogP contribution in [0.3, 0.4) is 0 Å². The maximum atomic E-state index is 2.34. The van der Waals surface area contributed by atoms with Crippen LogP contribution in [-0.2, 0) is 6.42 Å². The van der Waals surface area contributed by atoms with Gasteiger partial charge in [-0.05, 0) is 100 Å². The van der Waals surface area contributed by atoms with E-state index in [1.54, 1.807) is 0 Å². The van der Waals surface area contributed by atoms with Crippen LogP contribution in [0.2, 0.25) is 0 Å². The molecule has 45 heavy (non-hydrogen) atoms. The molecule has 0 radical (unpaired) electrons. The minimum absolute atomic E-state index is 1.01. The smallest absolute Gasteiger partial charge is 0.00137 e. The molecule has 8 aromatic rings. The molecule has 1 aliphatic rings. The Bertz CT molecular complexity index is 2370. The van der Waals surface area contributed by atoms with Crippen molar-refractivity contribution in [1.82, 2.24) is 0 Å². The van der Waals surface area contributed by atoms with Gasteiger partial charge in [-0.1, -0.05) is 164 Å². The minimum Gasteiger partial charge on any atom is -0.0619 e. The largest absolute Gasteiger partial charge is 0.0619 e. The molecule has 0 nitrogen and oxygen atoms in total. The Hall–Kier alpha value is -5.72. The van der Waals surface area contributed by atoms with Crippen molar-refractivity contribution in [3.8, 4) is 33.4 Å². The monoisotopic (exact) mass is 570 g/mol. The Labute approximate surface area is 263 Å². The minimum atomic E-state index is 1.01. The Balaban J connectivity index is 1.12. The van der Waals surface area contributed by atoms with E-state index in [9.17, 15) is 0 Å². The Kier molecular flexibility index (Phi) is 5.99. The molecule has 0 amide bonds. The van der Waals surface area contributed by atoms with Gasteiger partial charge in [-0.25, -0.2) is 0 Å². The van der Waals surface area contributed by atoms with Crippen molar-refractivity contribution in [2.24, 2.45) is 0 Å². The van der Waals surface area contributed by atoms with E-state index in [4.69, 9.17) is 0 Å². The predicted molar refractivity (Wildman–Crippen MR) is 193 cm³/mol. The first-order valence-corrected chi connectivity index (χ1v) is 15.7. The molecule has 0 aromatic heterocycles. The summed E-state index contributed by atoms with van der Waals surface area (Å²) in [5, 5.41) is 7.65. The lowest BCUT2D eigenvalue weighted by Gasteiger charge is -2.18. The summed E-state index contributed by atoms with van der Waals surface area (Å²) in [4.78, 5) is 0. The van der Waals surface area contributed by atoms with Crippen LogP contribution in [0.4, 0.5) is 0 Å². The van der Waals surface area contributed by atoms with Gasteiger partial charge >= 0.3 is 0 Å². The normalized spacial score (nSPS) is 12.5. The quantitative estimate of drug-likeness (QED) is 0.185. The molecule has 0 heterocycles. The zero-order valence-corrected chi connectivity index (χ0v) is 24.9. The van der Waals surface area contributed by atoms with E-state index in [-0.39, 0.29) is 0 Å². The van der Waals surface area contributed by atoms with Gasteiger partial charge in [0.2, 0.25) is 0 Å². The molecule has 0 N–H and O–H groups in total. The molecule has 0 saturated carbocycles. The van der Waals surface area contributed by atoms with E-state index in [0.717, 1.165) is 6.42 Å². The Morgan fingerprint density at radius 2 is 0.800 bits per heavy atom. The summed E-state index contributed by atoms with van der Waals surface area (Å²) in [7, 11) is 0. The first kappa shape index (κ1) is 25.7. The van der Waals surface area contributed by atoms with E-state index in [0.29, 0.717) is 0 Å². The fraction of sp³-hybridized carbons (Fsp3) is 0.0222. The number of benzene rings is 8. The third kappa shape index (κ3) is 4.38. The summed E-state index contributed by atoms with van der Waals surface area (Å²) in [6, 6.07) is 60.2. The molecule has 0 atom stereocenters. The van der Waals surface area contributed by atoms with Gasteiger partial charge in [-0.15, -0.1) is 0 Å². The second-order valence-corrected chi connectivity index (χ2v) is 12.1. The average Bonchev–Trinajstić information content (AvgIpc) is 3.55. The molecule has 0 heteroatoms. The van der Waals surface area contributed by atoms with Crippen molar-refractivity contribution < 1.29 is 0 Å². The number of hydrogen-bond acceptors (Lipinski definition) is 0. The second kappa shape index (κ2) is 10.5. The van der Waals surface area contributed by atoms with Crippen molar-refractivity contribution in [2.45, 2.75) is 6.42 Å². The Morgan fingerprint density at radius 3 is 1.42 bits per heavy atom. The zero-order valence-electron chi connectivity index (χ0n) is 24.9. The van der Waals surface area contributed by atoms with Crippen molar-refractivity contribution in [3.63, 3.8) is 0 Å². The number of allylic oxidation sites excluding steroid dienone is 1. The van der Waals surface area contributed by atoms with Crippen LogP contribution in [0.15, 0.2) is 164 Å². The molecule has 0 spiro atoms. The van der Waals surface area contributed by atoms with Crippen molar-refractivity contribution >= 4 is 44.0 Å². The standard InChI is InChI=1S/C45H30/c1-2-10-35-27-38(26-23-30(35)9-1)45-42-15-7-5-13-40(42)44(41-14-6-8-16-43(41)45)34-24-21-32(22-25-34)31-17-19-33(20-18-31)39-28-36-11-3-4-12-37(36)29-39/h1-28H,29H2.